The zero-order valence-electron chi connectivity index (χ0n) is 11.4. The first-order valence-electron chi connectivity index (χ1n) is 6.59. The fourth-order valence-corrected chi connectivity index (χ4v) is 2.55. The average Bonchev–Trinajstić information content (AvgIpc) is 2.47. The number of nitrogens with one attached hydrogen (secondary N) is 1. The number of nitrogens with zero attached hydrogens (tertiary/aromatic N) is 4. The van der Waals surface area contributed by atoms with E-state index in [1.54, 1.807) is 11.9 Å². The van der Waals surface area contributed by atoms with Crippen LogP contribution < -0.4 is 10.2 Å². The molecule has 1 aliphatic heterocycles. The van der Waals surface area contributed by atoms with Crippen molar-refractivity contribution in [3.63, 3.8) is 0 Å². The smallest absolute Gasteiger partial charge is 0.329 e. The summed E-state index contributed by atoms with van der Waals surface area (Å²) in [5, 5.41) is 23.5. The minimum atomic E-state index is -0.531. The Morgan fingerprint density at radius 1 is 1.70 bits per heavy atom. The number of anilines is 1. The van der Waals surface area contributed by atoms with Crippen LogP contribution in [0.25, 0.3) is 0 Å². The van der Waals surface area contributed by atoms with E-state index < -0.39 is 4.92 Å². The van der Waals surface area contributed by atoms with Gasteiger partial charge in [-0.2, -0.15) is 5.26 Å². The zero-order valence-corrected chi connectivity index (χ0v) is 11.4. The molecule has 1 saturated heterocycles. The fourth-order valence-electron chi connectivity index (χ4n) is 2.55. The second-order valence-corrected chi connectivity index (χ2v) is 4.99. The number of nitro groups is 1. The van der Waals surface area contributed by atoms with Crippen LogP contribution in [0, 0.1) is 27.4 Å². The zero-order chi connectivity index (χ0) is 14.5. The molecule has 0 amide bonds. The molecule has 1 unspecified atom stereocenters. The van der Waals surface area contributed by atoms with Gasteiger partial charge in [-0.05, 0) is 37.9 Å². The Labute approximate surface area is 117 Å². The average molecular weight is 275 g/mol. The van der Waals surface area contributed by atoms with E-state index in [0.29, 0.717) is 12.5 Å². The second kappa shape index (κ2) is 6.30. The van der Waals surface area contributed by atoms with Crippen LogP contribution in [0.1, 0.15) is 18.4 Å². The maximum Gasteiger partial charge on any atom is 0.329 e. The van der Waals surface area contributed by atoms with Crippen molar-refractivity contribution in [2.75, 3.05) is 31.6 Å². The van der Waals surface area contributed by atoms with Crippen LogP contribution in [0.15, 0.2) is 12.3 Å². The molecule has 0 aromatic carbocycles. The number of hydrogen-bond donors (Lipinski definition) is 1. The topological polar surface area (TPSA) is 95.1 Å². The molecule has 1 aromatic rings. The van der Waals surface area contributed by atoms with E-state index in [-0.39, 0.29) is 17.1 Å². The summed E-state index contributed by atoms with van der Waals surface area (Å²) >= 11 is 0. The van der Waals surface area contributed by atoms with Crippen LogP contribution in [0.3, 0.4) is 0 Å². The van der Waals surface area contributed by atoms with Crippen molar-refractivity contribution in [3.05, 3.63) is 27.9 Å². The molecule has 1 fully saturated rings. The monoisotopic (exact) mass is 275 g/mol. The predicted octanol–water partition coefficient (Wildman–Crippen LogP) is 1.30. The van der Waals surface area contributed by atoms with Crippen LogP contribution in [0.2, 0.25) is 0 Å². The maximum absolute atomic E-state index is 11.2. The Morgan fingerprint density at radius 2 is 2.50 bits per heavy atom. The van der Waals surface area contributed by atoms with Gasteiger partial charge in [0.1, 0.15) is 11.6 Å². The van der Waals surface area contributed by atoms with E-state index in [9.17, 15) is 10.1 Å². The molecule has 1 aromatic heterocycles. The predicted molar refractivity (Wildman–Crippen MR) is 74.5 cm³/mol. The summed E-state index contributed by atoms with van der Waals surface area (Å²) in [5.74, 6) is 0.709. The van der Waals surface area contributed by atoms with Crippen LogP contribution in [-0.2, 0) is 0 Å². The number of aromatic nitrogens is 1. The van der Waals surface area contributed by atoms with E-state index >= 15 is 0 Å². The summed E-state index contributed by atoms with van der Waals surface area (Å²) in [7, 11) is 1.78. The Hall–Kier alpha value is -2.20. The quantitative estimate of drug-likeness (QED) is 0.657. The molecule has 1 atom stereocenters. The third-order valence-electron chi connectivity index (χ3n) is 3.50. The molecular formula is C13H17N5O2. The minimum Gasteiger partial charge on any atom is -0.354 e. The molecule has 2 heterocycles. The summed E-state index contributed by atoms with van der Waals surface area (Å²) in [4.78, 5) is 16.5. The first kappa shape index (κ1) is 14.2. The van der Waals surface area contributed by atoms with Gasteiger partial charge in [-0.1, -0.05) is 0 Å². The Morgan fingerprint density at radius 3 is 3.10 bits per heavy atom. The molecule has 0 saturated carbocycles. The molecule has 20 heavy (non-hydrogen) atoms. The maximum atomic E-state index is 11.2. The Balaban J connectivity index is 2.22. The van der Waals surface area contributed by atoms with E-state index in [1.165, 1.54) is 12.3 Å². The molecule has 2 rings (SSSR count). The van der Waals surface area contributed by atoms with Crippen molar-refractivity contribution < 1.29 is 4.92 Å². The summed E-state index contributed by atoms with van der Waals surface area (Å²) in [6.07, 6.45) is 3.66. The summed E-state index contributed by atoms with van der Waals surface area (Å²) in [5.41, 5.74) is -0.158. The van der Waals surface area contributed by atoms with Crippen molar-refractivity contribution in [2.45, 2.75) is 12.8 Å². The molecule has 7 heteroatoms. The van der Waals surface area contributed by atoms with Gasteiger partial charge in [-0.15, -0.1) is 0 Å². The van der Waals surface area contributed by atoms with Gasteiger partial charge in [0.25, 0.3) is 0 Å². The van der Waals surface area contributed by atoms with Crippen molar-refractivity contribution in [1.29, 1.82) is 5.26 Å². The number of piperidine rings is 1. The lowest BCUT2D eigenvalue weighted by atomic mass is 9.99. The lowest BCUT2D eigenvalue weighted by molar-refractivity contribution is -0.384. The summed E-state index contributed by atoms with van der Waals surface area (Å²) in [6, 6.07) is 3.23. The highest BCUT2D eigenvalue weighted by atomic mass is 16.6. The van der Waals surface area contributed by atoms with E-state index in [0.717, 1.165) is 25.9 Å². The highest BCUT2D eigenvalue weighted by molar-refractivity contribution is 5.65. The Kier molecular flexibility index (Phi) is 4.48. The molecule has 1 N–H and O–H groups in total. The molecule has 106 valence electrons. The molecular weight excluding hydrogens is 258 g/mol. The van der Waals surface area contributed by atoms with Gasteiger partial charge < -0.3 is 10.2 Å². The van der Waals surface area contributed by atoms with Crippen LogP contribution in [0.5, 0.6) is 0 Å². The molecule has 0 radical (unpaired) electrons. The van der Waals surface area contributed by atoms with Crippen molar-refractivity contribution in [2.24, 2.45) is 5.92 Å². The van der Waals surface area contributed by atoms with Gasteiger partial charge in [-0.25, -0.2) is 4.98 Å². The highest BCUT2D eigenvalue weighted by Crippen LogP contribution is 2.29. The van der Waals surface area contributed by atoms with Crippen molar-refractivity contribution in [1.82, 2.24) is 10.3 Å². The first-order chi connectivity index (χ1) is 9.63. The van der Waals surface area contributed by atoms with Crippen LogP contribution >= 0.6 is 0 Å². The van der Waals surface area contributed by atoms with Gasteiger partial charge in [0.15, 0.2) is 0 Å². The van der Waals surface area contributed by atoms with Crippen LogP contribution in [-0.4, -0.2) is 36.6 Å². The minimum absolute atomic E-state index is 0.0496. The normalized spacial score (nSPS) is 18.3. The summed E-state index contributed by atoms with van der Waals surface area (Å²) in [6.45, 7) is 2.63. The second-order valence-electron chi connectivity index (χ2n) is 4.99. The Bertz CT molecular complexity index is 534. The van der Waals surface area contributed by atoms with E-state index in [1.807, 2.05) is 6.07 Å². The van der Waals surface area contributed by atoms with Gasteiger partial charge in [0.2, 0.25) is 5.82 Å². The highest BCUT2D eigenvalue weighted by Gasteiger charge is 2.25. The summed E-state index contributed by atoms with van der Waals surface area (Å²) < 4.78 is 0. The third-order valence-corrected chi connectivity index (χ3v) is 3.50. The lowest BCUT2D eigenvalue weighted by Gasteiger charge is -2.28. The molecule has 0 spiro atoms. The number of hydrogen-bond acceptors (Lipinski definition) is 6. The largest absolute Gasteiger partial charge is 0.354 e. The van der Waals surface area contributed by atoms with Gasteiger partial charge in [-0.3, -0.25) is 10.1 Å². The van der Waals surface area contributed by atoms with Crippen LogP contribution in [0.4, 0.5) is 11.5 Å². The van der Waals surface area contributed by atoms with Gasteiger partial charge in [0, 0.05) is 19.8 Å². The van der Waals surface area contributed by atoms with Crippen molar-refractivity contribution >= 4 is 11.5 Å². The molecule has 1 aliphatic rings. The molecule has 0 bridgehead atoms. The van der Waals surface area contributed by atoms with Gasteiger partial charge >= 0.3 is 5.69 Å². The lowest BCUT2D eigenvalue weighted by Crippen LogP contribution is -2.37. The molecule has 7 nitrogen and oxygen atoms in total. The number of rotatable bonds is 4. The van der Waals surface area contributed by atoms with E-state index in [2.05, 4.69) is 10.3 Å². The first-order valence-corrected chi connectivity index (χ1v) is 6.59. The van der Waals surface area contributed by atoms with E-state index in [4.69, 9.17) is 5.26 Å². The SMILES string of the molecule is CN(CC1CCCNC1)c1nccc(C#N)c1[N+](=O)[O-]. The standard InChI is InChI=1S/C13H17N5O2/c1-17(9-10-3-2-5-15-8-10)13-12(18(19)20)11(7-14)4-6-16-13/h4,6,10,15H,2-3,5,8-9H2,1H3. The van der Waals surface area contributed by atoms with Gasteiger partial charge in [0.05, 0.1) is 4.92 Å². The number of nitriles is 1. The van der Waals surface area contributed by atoms with Crippen molar-refractivity contribution in [3.8, 4) is 6.07 Å². The fraction of sp³-hybridized carbons (Fsp3) is 0.538. The number of pyridine rings is 1. The third kappa shape index (κ3) is 3.03. The molecule has 0 aliphatic carbocycles.